The summed E-state index contributed by atoms with van der Waals surface area (Å²) in [5.41, 5.74) is 3.96. The summed E-state index contributed by atoms with van der Waals surface area (Å²) in [5, 5.41) is 0. The molecule has 3 aliphatic rings. The predicted molar refractivity (Wildman–Crippen MR) is 95.8 cm³/mol. The van der Waals surface area contributed by atoms with Crippen molar-refractivity contribution < 1.29 is 9.53 Å². The van der Waals surface area contributed by atoms with Crippen LogP contribution >= 0.6 is 0 Å². The van der Waals surface area contributed by atoms with Crippen LogP contribution < -0.4 is 0 Å². The Kier molecular flexibility index (Phi) is 3.40. The average molecular weight is 331 g/mol. The first-order valence-electron chi connectivity index (χ1n) is 9.07. The molecule has 1 saturated heterocycles. The van der Waals surface area contributed by atoms with Gasteiger partial charge in [-0.3, -0.25) is 4.79 Å². The Morgan fingerprint density at radius 1 is 1.04 bits per heavy atom. The lowest BCUT2D eigenvalue weighted by Gasteiger charge is -2.49. The fourth-order valence-electron chi connectivity index (χ4n) is 4.80. The lowest BCUT2D eigenvalue weighted by Crippen LogP contribution is -2.57. The quantitative estimate of drug-likeness (QED) is 0.840. The summed E-state index contributed by atoms with van der Waals surface area (Å²) in [5.74, 6) is 0.311. The van der Waals surface area contributed by atoms with Crippen LogP contribution in [0.15, 0.2) is 66.9 Å². The minimum absolute atomic E-state index is 0.0500. The molecule has 2 aliphatic heterocycles. The summed E-state index contributed by atoms with van der Waals surface area (Å²) < 4.78 is 5.92. The summed E-state index contributed by atoms with van der Waals surface area (Å²) in [6.07, 6.45) is 5.66. The van der Waals surface area contributed by atoms with Crippen LogP contribution in [0.2, 0.25) is 0 Å². The van der Waals surface area contributed by atoms with E-state index in [9.17, 15) is 4.79 Å². The molecule has 2 heterocycles. The van der Waals surface area contributed by atoms with Crippen LogP contribution in [0.1, 0.15) is 29.0 Å². The molecule has 0 aromatic heterocycles. The molecule has 0 radical (unpaired) electrons. The minimum Gasteiger partial charge on any atom is -0.496 e. The summed E-state index contributed by atoms with van der Waals surface area (Å²) in [4.78, 5) is 15.3. The Balaban J connectivity index is 1.56. The van der Waals surface area contributed by atoms with E-state index in [-0.39, 0.29) is 29.9 Å². The fraction of sp³-hybridized carbons (Fsp3) is 0.318. The molecule has 1 amide bonds. The third-order valence-corrected chi connectivity index (χ3v) is 5.93. The Bertz CT molecular complexity index is 829. The number of hydrogen-bond donors (Lipinski definition) is 0. The predicted octanol–water partition coefficient (Wildman–Crippen LogP) is 3.66. The Morgan fingerprint density at radius 2 is 1.84 bits per heavy atom. The third-order valence-electron chi connectivity index (χ3n) is 5.93. The van der Waals surface area contributed by atoms with Crippen molar-refractivity contribution in [2.45, 2.75) is 37.5 Å². The van der Waals surface area contributed by atoms with Gasteiger partial charge in [0.05, 0.1) is 12.2 Å². The van der Waals surface area contributed by atoms with E-state index in [1.54, 1.807) is 6.26 Å². The largest absolute Gasteiger partial charge is 0.496 e. The van der Waals surface area contributed by atoms with Crippen LogP contribution in [0.3, 0.4) is 0 Å². The summed E-state index contributed by atoms with van der Waals surface area (Å²) in [7, 11) is 0. The maximum Gasteiger partial charge on any atom is 0.233 e. The van der Waals surface area contributed by atoms with Crippen LogP contribution in [-0.2, 0) is 22.5 Å². The number of nitrogens with zero attached hydrogens (tertiary/aromatic N) is 1. The molecular weight excluding hydrogens is 310 g/mol. The molecule has 2 aromatic rings. The Labute approximate surface area is 147 Å². The molecule has 3 heteroatoms. The van der Waals surface area contributed by atoms with Crippen LogP contribution in [0.5, 0.6) is 0 Å². The Hall–Kier alpha value is -2.55. The molecule has 4 unspecified atom stereocenters. The highest BCUT2D eigenvalue weighted by Gasteiger charge is 2.52. The number of likely N-dealkylation sites (tertiary alicyclic amines) is 1. The van der Waals surface area contributed by atoms with Gasteiger partial charge in [-0.1, -0.05) is 54.6 Å². The van der Waals surface area contributed by atoms with Crippen molar-refractivity contribution in [2.75, 3.05) is 0 Å². The van der Waals surface area contributed by atoms with Crippen molar-refractivity contribution in [2.24, 2.45) is 5.92 Å². The molecule has 2 aromatic carbocycles. The number of amides is 1. The Morgan fingerprint density at radius 3 is 2.72 bits per heavy atom. The zero-order chi connectivity index (χ0) is 16.8. The van der Waals surface area contributed by atoms with Gasteiger partial charge in [-0.15, -0.1) is 0 Å². The topological polar surface area (TPSA) is 29.5 Å². The molecule has 25 heavy (non-hydrogen) atoms. The zero-order valence-electron chi connectivity index (χ0n) is 14.0. The van der Waals surface area contributed by atoms with Gasteiger partial charge in [0.1, 0.15) is 6.10 Å². The highest BCUT2D eigenvalue weighted by molar-refractivity contribution is 5.83. The average Bonchev–Trinajstić information content (AvgIpc) is 3.15. The van der Waals surface area contributed by atoms with Crippen molar-refractivity contribution in [1.29, 1.82) is 0 Å². The van der Waals surface area contributed by atoms with Crippen LogP contribution in [0, 0.1) is 5.92 Å². The van der Waals surface area contributed by atoms with Gasteiger partial charge in [0.25, 0.3) is 0 Å². The second-order valence-corrected chi connectivity index (χ2v) is 7.24. The number of piperidine rings is 1. The van der Waals surface area contributed by atoms with Gasteiger partial charge in [-0.2, -0.15) is 0 Å². The number of fused-ring (bicyclic) bond motifs is 5. The first-order chi connectivity index (χ1) is 12.3. The number of ether oxygens (including phenoxy) is 1. The van der Waals surface area contributed by atoms with Crippen molar-refractivity contribution in [3.05, 3.63) is 83.6 Å². The van der Waals surface area contributed by atoms with E-state index >= 15 is 0 Å². The monoisotopic (exact) mass is 331 g/mol. The van der Waals surface area contributed by atoms with Gasteiger partial charge in [0.15, 0.2) is 0 Å². The number of hydrogen-bond acceptors (Lipinski definition) is 2. The standard InChI is InChI=1S/C22H21NO2/c24-22-18-12-13-25-21(18)20-17-9-5-4-8-16(17)10-11-19(20)23(22)14-15-6-2-1-3-7-15/h1-9,12-13,18-21H,10-11,14H2. The maximum absolute atomic E-state index is 13.2. The molecule has 1 aliphatic carbocycles. The van der Waals surface area contributed by atoms with E-state index in [4.69, 9.17) is 4.74 Å². The molecule has 0 N–H and O–H groups in total. The van der Waals surface area contributed by atoms with Crippen molar-refractivity contribution >= 4 is 5.91 Å². The van der Waals surface area contributed by atoms with Gasteiger partial charge in [-0.25, -0.2) is 0 Å². The lowest BCUT2D eigenvalue weighted by molar-refractivity contribution is -0.148. The molecular formula is C22H21NO2. The fourth-order valence-corrected chi connectivity index (χ4v) is 4.80. The highest BCUT2D eigenvalue weighted by atomic mass is 16.5. The second-order valence-electron chi connectivity index (χ2n) is 7.24. The highest BCUT2D eigenvalue weighted by Crippen LogP contribution is 2.46. The van der Waals surface area contributed by atoms with Crippen LogP contribution in [0.4, 0.5) is 0 Å². The summed E-state index contributed by atoms with van der Waals surface area (Å²) >= 11 is 0. The van der Waals surface area contributed by atoms with Crippen molar-refractivity contribution in [3.63, 3.8) is 0 Å². The third kappa shape index (κ3) is 2.30. The first kappa shape index (κ1) is 14.8. The smallest absolute Gasteiger partial charge is 0.233 e. The van der Waals surface area contributed by atoms with Crippen LogP contribution in [0.25, 0.3) is 0 Å². The normalized spacial score (nSPS) is 29.6. The van der Waals surface area contributed by atoms with E-state index in [1.807, 2.05) is 24.3 Å². The van der Waals surface area contributed by atoms with E-state index in [0.717, 1.165) is 12.8 Å². The SMILES string of the molecule is O=C1C2C=COC2C2c3ccccc3CCC2N1Cc1ccccc1. The summed E-state index contributed by atoms with van der Waals surface area (Å²) in [6.45, 7) is 0.681. The molecule has 0 bridgehead atoms. The zero-order valence-corrected chi connectivity index (χ0v) is 14.0. The van der Waals surface area contributed by atoms with Gasteiger partial charge >= 0.3 is 0 Å². The number of carbonyl (C=O) groups excluding carboxylic acids is 1. The number of benzene rings is 2. The maximum atomic E-state index is 13.2. The van der Waals surface area contributed by atoms with Gasteiger partial charge in [0, 0.05) is 18.5 Å². The van der Waals surface area contributed by atoms with Gasteiger partial charge in [-0.05, 0) is 35.6 Å². The number of aryl methyl sites for hydroxylation is 1. The minimum atomic E-state index is -0.156. The number of rotatable bonds is 2. The molecule has 126 valence electrons. The van der Waals surface area contributed by atoms with Crippen molar-refractivity contribution in [1.82, 2.24) is 4.90 Å². The molecule has 0 spiro atoms. The van der Waals surface area contributed by atoms with E-state index in [1.165, 1.54) is 16.7 Å². The summed E-state index contributed by atoms with van der Waals surface area (Å²) in [6, 6.07) is 19.2. The molecule has 4 atom stereocenters. The number of carbonyl (C=O) groups is 1. The van der Waals surface area contributed by atoms with Crippen LogP contribution in [-0.4, -0.2) is 23.0 Å². The second kappa shape index (κ2) is 5.76. The molecule has 1 fully saturated rings. The lowest BCUT2D eigenvalue weighted by atomic mass is 9.70. The molecule has 3 nitrogen and oxygen atoms in total. The van der Waals surface area contributed by atoms with E-state index in [2.05, 4.69) is 41.3 Å². The van der Waals surface area contributed by atoms with Gasteiger partial charge in [0.2, 0.25) is 5.91 Å². The molecule has 5 rings (SSSR count). The van der Waals surface area contributed by atoms with Gasteiger partial charge < -0.3 is 9.64 Å². The van der Waals surface area contributed by atoms with Crippen molar-refractivity contribution in [3.8, 4) is 0 Å². The molecule has 0 saturated carbocycles. The first-order valence-corrected chi connectivity index (χ1v) is 9.07. The van der Waals surface area contributed by atoms with E-state index in [0.29, 0.717) is 6.54 Å². The van der Waals surface area contributed by atoms with E-state index < -0.39 is 0 Å².